The van der Waals surface area contributed by atoms with Gasteiger partial charge in [-0.2, -0.15) is 0 Å². The van der Waals surface area contributed by atoms with Crippen LogP contribution in [-0.4, -0.2) is 55.4 Å². The van der Waals surface area contributed by atoms with Crippen molar-refractivity contribution in [3.63, 3.8) is 0 Å². The molecule has 1 fully saturated rings. The summed E-state index contributed by atoms with van der Waals surface area (Å²) < 4.78 is 16.5. The van der Waals surface area contributed by atoms with E-state index in [9.17, 15) is 4.79 Å². The SMILES string of the molecule is Cc1noc(C)c1CCC(=O)NCc1cccc(OCCN(C)C2CCOCC2)c1. The van der Waals surface area contributed by atoms with Crippen molar-refractivity contribution in [2.24, 2.45) is 0 Å². The minimum absolute atomic E-state index is 0.0133. The molecule has 164 valence electrons. The van der Waals surface area contributed by atoms with Crippen LogP contribution in [0.25, 0.3) is 0 Å². The van der Waals surface area contributed by atoms with Crippen LogP contribution >= 0.6 is 0 Å². The van der Waals surface area contributed by atoms with Gasteiger partial charge in [-0.05, 0) is 57.9 Å². The third kappa shape index (κ3) is 6.57. The molecule has 0 unspecified atom stereocenters. The van der Waals surface area contributed by atoms with E-state index in [4.69, 9.17) is 14.0 Å². The average molecular weight is 416 g/mol. The lowest BCUT2D eigenvalue weighted by Crippen LogP contribution is -2.38. The van der Waals surface area contributed by atoms with Gasteiger partial charge >= 0.3 is 0 Å². The monoisotopic (exact) mass is 415 g/mol. The summed E-state index contributed by atoms with van der Waals surface area (Å²) in [4.78, 5) is 14.6. The van der Waals surface area contributed by atoms with E-state index >= 15 is 0 Å². The molecule has 0 saturated carbocycles. The Morgan fingerprint density at radius 2 is 2.10 bits per heavy atom. The maximum absolute atomic E-state index is 12.2. The molecule has 1 aromatic heterocycles. The van der Waals surface area contributed by atoms with Gasteiger partial charge in [0.05, 0.1) is 5.69 Å². The Balaban J connectivity index is 1.38. The summed E-state index contributed by atoms with van der Waals surface area (Å²) in [6.07, 6.45) is 3.22. The van der Waals surface area contributed by atoms with Crippen LogP contribution in [0.15, 0.2) is 28.8 Å². The van der Waals surface area contributed by atoms with Crippen LogP contribution in [0.5, 0.6) is 5.75 Å². The van der Waals surface area contributed by atoms with Gasteiger partial charge in [0.1, 0.15) is 18.1 Å². The number of carbonyl (C=O) groups excluding carboxylic acids is 1. The predicted octanol–water partition coefficient (Wildman–Crippen LogP) is 3.03. The molecule has 0 radical (unpaired) electrons. The number of benzene rings is 1. The molecule has 2 heterocycles. The van der Waals surface area contributed by atoms with Gasteiger partial charge in [0.25, 0.3) is 0 Å². The standard InChI is InChI=1S/C23H33N3O4/c1-17-22(18(2)30-25-17)7-8-23(27)24-16-19-5-4-6-21(15-19)29-14-11-26(3)20-9-12-28-13-10-20/h4-6,15,20H,7-14,16H2,1-3H3,(H,24,27). The van der Waals surface area contributed by atoms with Crippen LogP contribution in [0.4, 0.5) is 0 Å². The second kappa shape index (κ2) is 11.1. The number of ether oxygens (including phenoxy) is 2. The number of amides is 1. The number of aromatic nitrogens is 1. The molecule has 30 heavy (non-hydrogen) atoms. The van der Waals surface area contributed by atoms with Crippen molar-refractivity contribution >= 4 is 5.91 Å². The van der Waals surface area contributed by atoms with E-state index in [0.717, 1.165) is 60.9 Å². The number of nitrogens with zero attached hydrogens (tertiary/aromatic N) is 2. The number of rotatable bonds is 10. The van der Waals surface area contributed by atoms with Crippen molar-refractivity contribution in [2.45, 2.75) is 52.1 Å². The maximum atomic E-state index is 12.2. The summed E-state index contributed by atoms with van der Waals surface area (Å²) in [5, 5.41) is 6.91. The summed E-state index contributed by atoms with van der Waals surface area (Å²) >= 11 is 0. The zero-order chi connectivity index (χ0) is 21.3. The lowest BCUT2D eigenvalue weighted by Gasteiger charge is -2.31. The first kappa shape index (κ1) is 22.3. The van der Waals surface area contributed by atoms with E-state index < -0.39 is 0 Å². The molecule has 1 aromatic carbocycles. The fraction of sp³-hybridized carbons (Fsp3) is 0.565. The van der Waals surface area contributed by atoms with Gasteiger partial charge in [-0.3, -0.25) is 9.69 Å². The predicted molar refractivity (Wildman–Crippen MR) is 115 cm³/mol. The van der Waals surface area contributed by atoms with Crippen molar-refractivity contribution in [3.8, 4) is 5.75 Å². The highest BCUT2D eigenvalue weighted by Gasteiger charge is 2.18. The molecule has 1 amide bonds. The van der Waals surface area contributed by atoms with Crippen LogP contribution in [0.3, 0.4) is 0 Å². The van der Waals surface area contributed by atoms with E-state index in [2.05, 4.69) is 22.4 Å². The topological polar surface area (TPSA) is 76.8 Å². The smallest absolute Gasteiger partial charge is 0.220 e. The zero-order valence-electron chi connectivity index (χ0n) is 18.3. The molecule has 7 heteroatoms. The quantitative estimate of drug-likeness (QED) is 0.643. The van der Waals surface area contributed by atoms with E-state index in [0.29, 0.717) is 32.0 Å². The second-order valence-corrected chi connectivity index (χ2v) is 7.90. The lowest BCUT2D eigenvalue weighted by molar-refractivity contribution is -0.121. The number of nitrogens with one attached hydrogen (secondary N) is 1. The van der Waals surface area contributed by atoms with E-state index in [-0.39, 0.29) is 5.91 Å². The molecule has 1 N–H and O–H groups in total. The van der Waals surface area contributed by atoms with Gasteiger partial charge < -0.3 is 19.3 Å². The van der Waals surface area contributed by atoms with Crippen molar-refractivity contribution in [2.75, 3.05) is 33.4 Å². The number of likely N-dealkylation sites (N-methyl/N-ethyl adjacent to an activating group) is 1. The molecule has 2 aromatic rings. The first-order chi connectivity index (χ1) is 14.5. The molecule has 7 nitrogen and oxygen atoms in total. The second-order valence-electron chi connectivity index (χ2n) is 7.90. The first-order valence-corrected chi connectivity index (χ1v) is 10.7. The van der Waals surface area contributed by atoms with E-state index in [1.54, 1.807) is 0 Å². The summed E-state index contributed by atoms with van der Waals surface area (Å²) in [6, 6.07) is 8.48. The third-order valence-corrected chi connectivity index (χ3v) is 5.70. The van der Waals surface area contributed by atoms with Gasteiger partial charge in [-0.1, -0.05) is 17.3 Å². The maximum Gasteiger partial charge on any atom is 0.220 e. The summed E-state index contributed by atoms with van der Waals surface area (Å²) in [6.45, 7) is 7.48. The Labute approximate surface area is 178 Å². The van der Waals surface area contributed by atoms with Crippen molar-refractivity contribution < 1.29 is 18.8 Å². The van der Waals surface area contributed by atoms with Gasteiger partial charge in [-0.25, -0.2) is 0 Å². The van der Waals surface area contributed by atoms with Crippen LogP contribution < -0.4 is 10.1 Å². The molecular weight excluding hydrogens is 382 g/mol. The molecule has 3 rings (SSSR count). The molecule has 0 aliphatic carbocycles. The minimum atomic E-state index is 0.0133. The number of hydrogen-bond acceptors (Lipinski definition) is 6. The highest BCUT2D eigenvalue weighted by atomic mass is 16.5. The normalized spacial score (nSPS) is 14.8. The minimum Gasteiger partial charge on any atom is -0.492 e. The average Bonchev–Trinajstić information content (AvgIpc) is 3.09. The van der Waals surface area contributed by atoms with Crippen molar-refractivity contribution in [1.82, 2.24) is 15.4 Å². The number of aryl methyl sites for hydroxylation is 2. The summed E-state index contributed by atoms with van der Waals surface area (Å²) in [5.41, 5.74) is 2.90. The van der Waals surface area contributed by atoms with Gasteiger partial charge in [0.15, 0.2) is 0 Å². The first-order valence-electron chi connectivity index (χ1n) is 10.7. The zero-order valence-corrected chi connectivity index (χ0v) is 18.3. The van der Waals surface area contributed by atoms with E-state index in [1.165, 1.54) is 0 Å². The molecule has 1 aliphatic rings. The van der Waals surface area contributed by atoms with E-state index in [1.807, 2.05) is 38.1 Å². The van der Waals surface area contributed by atoms with Crippen LogP contribution in [0.1, 0.15) is 41.8 Å². The van der Waals surface area contributed by atoms with Crippen LogP contribution in [0, 0.1) is 13.8 Å². The Bertz CT molecular complexity index is 795. The van der Waals surface area contributed by atoms with Gasteiger partial charge in [-0.15, -0.1) is 0 Å². The largest absolute Gasteiger partial charge is 0.492 e. The Hall–Kier alpha value is -2.38. The summed E-state index contributed by atoms with van der Waals surface area (Å²) in [5.74, 6) is 1.63. The highest BCUT2D eigenvalue weighted by Crippen LogP contribution is 2.16. The van der Waals surface area contributed by atoms with Crippen molar-refractivity contribution in [3.05, 3.63) is 46.8 Å². The summed E-state index contributed by atoms with van der Waals surface area (Å²) in [7, 11) is 2.15. The fourth-order valence-electron chi connectivity index (χ4n) is 3.75. The molecule has 0 bridgehead atoms. The molecule has 0 atom stereocenters. The molecule has 1 aliphatic heterocycles. The fourth-order valence-corrected chi connectivity index (χ4v) is 3.75. The molecular formula is C23H33N3O4. The lowest BCUT2D eigenvalue weighted by atomic mass is 10.1. The highest BCUT2D eigenvalue weighted by molar-refractivity contribution is 5.76. The van der Waals surface area contributed by atoms with Gasteiger partial charge in [0.2, 0.25) is 5.91 Å². The number of hydrogen-bond donors (Lipinski definition) is 1. The van der Waals surface area contributed by atoms with Gasteiger partial charge in [0, 0.05) is 44.3 Å². The Morgan fingerprint density at radius 3 is 2.83 bits per heavy atom. The molecule has 0 spiro atoms. The third-order valence-electron chi connectivity index (χ3n) is 5.70. The Morgan fingerprint density at radius 1 is 1.30 bits per heavy atom. The Kier molecular flexibility index (Phi) is 8.28. The molecule has 1 saturated heterocycles. The van der Waals surface area contributed by atoms with Crippen LogP contribution in [0.2, 0.25) is 0 Å². The number of carbonyl (C=O) groups is 1. The van der Waals surface area contributed by atoms with Crippen molar-refractivity contribution in [1.29, 1.82) is 0 Å². The van der Waals surface area contributed by atoms with Crippen LogP contribution in [-0.2, 0) is 22.5 Å².